The van der Waals surface area contributed by atoms with E-state index in [9.17, 15) is 14.4 Å². The van der Waals surface area contributed by atoms with Crippen molar-refractivity contribution in [2.24, 2.45) is 0 Å². The smallest absolute Gasteiger partial charge is 0.410 e. The number of nitrogens with one attached hydrogen (secondary N) is 3. The normalized spacial score (nSPS) is 14.1. The van der Waals surface area contributed by atoms with Crippen molar-refractivity contribution in [3.8, 4) is 17.1 Å². The molecule has 3 N–H and O–H groups in total. The van der Waals surface area contributed by atoms with Gasteiger partial charge in [0, 0.05) is 61.9 Å². The number of aromatic nitrogens is 4. The Hall–Kier alpha value is -5.58. The van der Waals surface area contributed by atoms with E-state index in [-0.39, 0.29) is 24.0 Å². The highest BCUT2D eigenvalue weighted by Gasteiger charge is 2.41. The number of anilines is 1. The highest BCUT2D eigenvalue weighted by atomic mass is 16.6. The van der Waals surface area contributed by atoms with Gasteiger partial charge in [-0.1, -0.05) is 31.0 Å². The number of methoxy groups -OCH3 is 1. The van der Waals surface area contributed by atoms with Gasteiger partial charge in [-0.2, -0.15) is 0 Å². The lowest BCUT2D eigenvalue weighted by molar-refractivity contribution is -0.140. The van der Waals surface area contributed by atoms with E-state index in [1.807, 2.05) is 82.3 Å². The van der Waals surface area contributed by atoms with Gasteiger partial charge in [0.15, 0.2) is 11.6 Å². The number of nitrogens with zero attached hydrogens (tertiary/aromatic N) is 4. The molecule has 0 aliphatic carbocycles. The van der Waals surface area contributed by atoms with Gasteiger partial charge in [0.25, 0.3) is 5.91 Å². The Kier molecular flexibility index (Phi) is 20.5. The van der Waals surface area contributed by atoms with E-state index < -0.39 is 11.1 Å². The summed E-state index contributed by atoms with van der Waals surface area (Å²) in [6.45, 7) is 12.6. The fourth-order valence-corrected chi connectivity index (χ4v) is 7.33. The number of unbranched alkanes of at least 4 members (excludes halogenated alkanes) is 5. The standard InChI is InChI=1S/C49H69N7O9/c1-37(39-15-14-18-42(36-39)64-30-12-7-6-10-28-61-31-33-63-34-32-62-29-11-8-9-19-43(57)60-5)51-45(58)40-16-13-17-41(35-40)53-49(22-26-56(27-23-49)47(59)65-48(2,3)4)46-52-44(54-55-46)38-20-24-50-25-21-38/h13-18,20-21,24-25,35-37,53H,6-12,19,22-23,26-34H2,1-5H3,(H,51,58)(H,52,54,55). The summed E-state index contributed by atoms with van der Waals surface area (Å²) in [5, 5.41) is 15.9. The number of pyridine rings is 1. The fraction of sp³-hybridized carbons (Fsp3) is 0.551. The Labute approximate surface area is 383 Å². The number of rotatable bonds is 27. The summed E-state index contributed by atoms with van der Waals surface area (Å²) >= 11 is 0. The van der Waals surface area contributed by atoms with E-state index in [2.05, 4.69) is 35.5 Å². The predicted octanol–water partition coefficient (Wildman–Crippen LogP) is 8.42. The highest BCUT2D eigenvalue weighted by molar-refractivity contribution is 5.95. The van der Waals surface area contributed by atoms with Gasteiger partial charge in [0.05, 0.1) is 46.2 Å². The Morgan fingerprint density at radius 3 is 2.11 bits per heavy atom. The Balaban J connectivity index is 1.02. The van der Waals surface area contributed by atoms with Crippen LogP contribution < -0.4 is 15.4 Å². The molecule has 0 saturated carbocycles. The molecule has 2 aromatic carbocycles. The third-order valence-corrected chi connectivity index (χ3v) is 11.0. The van der Waals surface area contributed by atoms with Gasteiger partial charge >= 0.3 is 12.1 Å². The van der Waals surface area contributed by atoms with Gasteiger partial charge in [-0.25, -0.2) is 4.79 Å². The first-order chi connectivity index (χ1) is 31.4. The van der Waals surface area contributed by atoms with E-state index in [1.54, 1.807) is 23.4 Å². The number of piperidine rings is 1. The predicted molar refractivity (Wildman–Crippen MR) is 248 cm³/mol. The molecule has 2 aromatic heterocycles. The number of carbonyl (C=O) groups is 3. The van der Waals surface area contributed by atoms with Crippen LogP contribution in [0.5, 0.6) is 5.75 Å². The minimum atomic E-state index is -0.710. The van der Waals surface area contributed by atoms with E-state index in [4.69, 9.17) is 23.7 Å². The second kappa shape index (κ2) is 26.4. The van der Waals surface area contributed by atoms with Crippen molar-refractivity contribution in [3.63, 3.8) is 0 Å². The van der Waals surface area contributed by atoms with Gasteiger partial charge in [-0.3, -0.25) is 14.6 Å². The minimum absolute atomic E-state index is 0.164. The molecule has 1 aliphatic heterocycles. The van der Waals surface area contributed by atoms with Gasteiger partial charge in [0.2, 0.25) is 0 Å². The summed E-state index contributed by atoms with van der Waals surface area (Å²) < 4.78 is 33.2. The molecule has 16 nitrogen and oxygen atoms in total. The summed E-state index contributed by atoms with van der Waals surface area (Å²) in [5.41, 5.74) is 1.72. The molecule has 1 aliphatic rings. The minimum Gasteiger partial charge on any atom is -0.494 e. The van der Waals surface area contributed by atoms with Crippen molar-refractivity contribution in [3.05, 3.63) is 90.0 Å². The quantitative estimate of drug-likeness (QED) is 0.0383. The molecule has 3 heterocycles. The number of benzene rings is 2. The van der Waals surface area contributed by atoms with Gasteiger partial charge in [0.1, 0.15) is 16.9 Å². The fourth-order valence-electron chi connectivity index (χ4n) is 7.33. The van der Waals surface area contributed by atoms with Gasteiger partial charge in [-0.15, -0.1) is 10.2 Å². The average Bonchev–Trinajstić information content (AvgIpc) is 3.81. The SMILES string of the molecule is COC(=O)CCCCCOCCOCCOCCCCCCOc1cccc(C(C)NC(=O)c2cccc(NC3(c4nnc(-c5ccncc5)[nH]4)CCN(C(=O)OC(C)(C)C)CC3)c2)c1. The first-order valence-electron chi connectivity index (χ1n) is 23.0. The van der Waals surface area contributed by atoms with Crippen LogP contribution in [0.4, 0.5) is 10.5 Å². The van der Waals surface area contributed by atoms with Crippen molar-refractivity contribution in [2.45, 2.75) is 109 Å². The number of hydrogen-bond donors (Lipinski definition) is 3. The molecule has 0 bridgehead atoms. The number of ether oxygens (including phenoxy) is 6. The Bertz CT molecular complexity index is 2030. The molecule has 1 saturated heterocycles. The summed E-state index contributed by atoms with van der Waals surface area (Å²) in [6, 6.07) is 18.7. The van der Waals surface area contributed by atoms with E-state index in [1.165, 1.54) is 7.11 Å². The molecule has 16 heteroatoms. The molecule has 1 unspecified atom stereocenters. The summed E-state index contributed by atoms with van der Waals surface area (Å²) in [5.74, 6) is 1.64. The summed E-state index contributed by atoms with van der Waals surface area (Å²) in [6.07, 6.45) is 11.3. The summed E-state index contributed by atoms with van der Waals surface area (Å²) in [7, 11) is 1.41. The summed E-state index contributed by atoms with van der Waals surface area (Å²) in [4.78, 5) is 47.0. The number of amides is 2. The maximum Gasteiger partial charge on any atom is 0.410 e. The molecule has 4 aromatic rings. The van der Waals surface area contributed by atoms with Crippen molar-refractivity contribution >= 4 is 23.7 Å². The first kappa shape index (κ1) is 50.4. The molecular formula is C49H69N7O9. The van der Waals surface area contributed by atoms with Gasteiger partial charge < -0.3 is 48.9 Å². The number of hydrogen-bond acceptors (Lipinski definition) is 13. The topological polar surface area (TPSA) is 188 Å². The number of H-pyrrole nitrogens is 1. The zero-order valence-corrected chi connectivity index (χ0v) is 38.9. The second-order valence-corrected chi connectivity index (χ2v) is 17.3. The van der Waals surface area contributed by atoms with Crippen LogP contribution in [0.2, 0.25) is 0 Å². The van der Waals surface area contributed by atoms with Crippen LogP contribution in [-0.2, 0) is 34.0 Å². The number of carbonyl (C=O) groups excluding carboxylic acids is 3. The number of aromatic amines is 1. The molecule has 2 amide bonds. The van der Waals surface area contributed by atoms with E-state index in [0.29, 0.717) is 95.8 Å². The largest absolute Gasteiger partial charge is 0.494 e. The second-order valence-electron chi connectivity index (χ2n) is 17.3. The molecule has 65 heavy (non-hydrogen) atoms. The van der Waals surface area contributed by atoms with Crippen LogP contribution in [0.25, 0.3) is 11.4 Å². The Morgan fingerprint density at radius 1 is 0.785 bits per heavy atom. The number of likely N-dealkylation sites (tertiary alicyclic amines) is 1. The molecule has 1 atom stereocenters. The maximum atomic E-state index is 13.7. The molecule has 0 radical (unpaired) electrons. The maximum absolute atomic E-state index is 13.7. The van der Waals surface area contributed by atoms with Crippen LogP contribution in [0.15, 0.2) is 73.1 Å². The molecular weight excluding hydrogens is 831 g/mol. The lowest BCUT2D eigenvalue weighted by Crippen LogP contribution is -2.50. The van der Waals surface area contributed by atoms with Crippen LogP contribution in [0.3, 0.4) is 0 Å². The molecule has 5 rings (SSSR count). The van der Waals surface area contributed by atoms with Crippen LogP contribution >= 0.6 is 0 Å². The highest BCUT2D eigenvalue weighted by Crippen LogP contribution is 2.36. The third kappa shape index (κ3) is 17.4. The van der Waals surface area contributed by atoms with Crippen LogP contribution in [-0.4, -0.2) is 115 Å². The van der Waals surface area contributed by atoms with Crippen LogP contribution in [0.1, 0.15) is 120 Å². The van der Waals surface area contributed by atoms with Crippen molar-refractivity contribution < 1.29 is 42.8 Å². The van der Waals surface area contributed by atoms with Crippen molar-refractivity contribution in [2.75, 3.05) is 71.8 Å². The molecule has 354 valence electrons. The lowest BCUT2D eigenvalue weighted by atomic mass is 9.86. The zero-order valence-electron chi connectivity index (χ0n) is 38.9. The average molecular weight is 900 g/mol. The third-order valence-electron chi connectivity index (χ3n) is 11.0. The first-order valence-corrected chi connectivity index (χ1v) is 23.0. The van der Waals surface area contributed by atoms with Gasteiger partial charge in [-0.05, 0) is 121 Å². The number of esters is 1. The molecule has 0 spiro atoms. The monoisotopic (exact) mass is 900 g/mol. The van der Waals surface area contributed by atoms with Crippen LogP contribution in [0, 0.1) is 0 Å². The van der Waals surface area contributed by atoms with Crippen molar-refractivity contribution in [1.29, 1.82) is 0 Å². The zero-order chi connectivity index (χ0) is 46.3. The van der Waals surface area contributed by atoms with E-state index >= 15 is 0 Å². The molecule has 1 fully saturated rings. The van der Waals surface area contributed by atoms with Crippen molar-refractivity contribution in [1.82, 2.24) is 30.4 Å². The Morgan fingerprint density at radius 2 is 1.43 bits per heavy atom. The van der Waals surface area contributed by atoms with E-state index in [0.717, 1.165) is 67.5 Å². The lowest BCUT2D eigenvalue weighted by Gasteiger charge is -2.41.